The number of amides is 1. The molecule has 3 aromatic carbocycles. The predicted octanol–water partition coefficient (Wildman–Crippen LogP) is 10.8. The van der Waals surface area contributed by atoms with Gasteiger partial charge in [0.05, 0.1) is 0 Å². The average Bonchev–Trinajstić information content (AvgIpc) is 3.32. The van der Waals surface area contributed by atoms with Gasteiger partial charge in [-0.3, -0.25) is 4.79 Å². The van der Waals surface area contributed by atoms with Crippen LogP contribution in [0.3, 0.4) is 0 Å². The fraction of sp³-hybridized carbons (Fsp3) is 0.523. The molecule has 0 aromatic heterocycles. The number of allylic oxidation sites excluding steroid dienone is 1. The minimum atomic E-state index is -0.145. The fourth-order valence-corrected chi connectivity index (χ4v) is 7.58. The molecule has 3 aromatic rings. The maximum Gasteiger partial charge on any atom is 0.220 e. The van der Waals surface area contributed by atoms with Crippen LogP contribution in [0, 0.1) is 5.92 Å². The largest absolute Gasteiger partial charge is 0.355 e. The summed E-state index contributed by atoms with van der Waals surface area (Å²) in [7, 11) is 0. The fourth-order valence-electron chi connectivity index (χ4n) is 7.58. The second kappa shape index (κ2) is 16.3. The first-order valence-electron chi connectivity index (χ1n) is 18.4. The van der Waals surface area contributed by atoms with Gasteiger partial charge >= 0.3 is 0 Å². The van der Waals surface area contributed by atoms with Crippen LogP contribution in [-0.2, 0) is 22.0 Å². The first-order chi connectivity index (χ1) is 22.4. The molecular formula is C44H62N2O. The standard InChI is InChI=1S/C44H62N2O/c1-9-33(6)14-12-26-44(25-11-13-31(2)3)40-29-35(32(4)5)19-23-38(40)39-24-22-37(30-41(39)44)43(7,8)36-20-17-34(18-21-36)15-10-16-42(47)46-28-27-45/h17-24,29-30,32-33H,2,9-16,25-28,45H2,1,3-8H3,(H,46,47). The van der Waals surface area contributed by atoms with Gasteiger partial charge in [0.2, 0.25) is 5.91 Å². The van der Waals surface area contributed by atoms with E-state index in [1.807, 2.05) is 0 Å². The molecule has 3 N–H and O–H groups in total. The monoisotopic (exact) mass is 634 g/mol. The Hall–Kier alpha value is -3.17. The normalized spacial score (nSPS) is 16.2. The lowest BCUT2D eigenvalue weighted by molar-refractivity contribution is -0.121. The highest BCUT2D eigenvalue weighted by Gasteiger charge is 2.43. The zero-order valence-corrected chi connectivity index (χ0v) is 30.6. The van der Waals surface area contributed by atoms with Crippen LogP contribution in [0.4, 0.5) is 0 Å². The van der Waals surface area contributed by atoms with Crippen LogP contribution in [0.25, 0.3) is 11.1 Å². The Morgan fingerprint density at radius 2 is 1.51 bits per heavy atom. The number of carbonyl (C=O) groups excluding carboxylic acids is 1. The van der Waals surface area contributed by atoms with Crippen molar-refractivity contribution in [2.24, 2.45) is 11.7 Å². The van der Waals surface area contributed by atoms with E-state index >= 15 is 0 Å². The smallest absolute Gasteiger partial charge is 0.220 e. The number of fused-ring (bicyclic) bond motifs is 3. The molecule has 2 atom stereocenters. The molecule has 0 bridgehead atoms. The van der Waals surface area contributed by atoms with E-state index in [1.165, 1.54) is 70.2 Å². The summed E-state index contributed by atoms with van der Waals surface area (Å²) >= 11 is 0. The number of nitrogens with two attached hydrogens (primary N) is 1. The summed E-state index contributed by atoms with van der Waals surface area (Å²) in [5, 5.41) is 2.87. The summed E-state index contributed by atoms with van der Waals surface area (Å²) in [6, 6.07) is 23.9. The van der Waals surface area contributed by atoms with Crippen molar-refractivity contribution in [2.45, 2.75) is 129 Å². The third-order valence-electron chi connectivity index (χ3n) is 11.0. The summed E-state index contributed by atoms with van der Waals surface area (Å²) in [5.74, 6) is 1.34. The molecule has 0 spiro atoms. The number of carbonyl (C=O) groups is 1. The third kappa shape index (κ3) is 8.65. The highest BCUT2D eigenvalue weighted by Crippen LogP contribution is 2.55. The molecule has 254 valence electrons. The third-order valence-corrected chi connectivity index (χ3v) is 11.0. The molecule has 4 rings (SSSR count). The van der Waals surface area contributed by atoms with Crippen molar-refractivity contribution in [3.05, 3.63) is 106 Å². The van der Waals surface area contributed by atoms with E-state index in [0.29, 0.717) is 25.4 Å². The lowest BCUT2D eigenvalue weighted by Crippen LogP contribution is -2.28. The minimum absolute atomic E-state index is 0.0187. The SMILES string of the molecule is C=C(C)CCCC1(CCCC(C)CC)c2cc(C(C)C)ccc2-c2ccc(C(C)(C)c3ccc(CCCC(=O)NCCN)cc3)cc21. The zero-order valence-electron chi connectivity index (χ0n) is 30.6. The van der Waals surface area contributed by atoms with Crippen molar-refractivity contribution in [3.63, 3.8) is 0 Å². The first kappa shape index (κ1) is 36.7. The number of aryl methyl sites for hydroxylation is 1. The maximum atomic E-state index is 12.0. The molecule has 0 fully saturated rings. The van der Waals surface area contributed by atoms with Crippen LogP contribution in [0.1, 0.15) is 146 Å². The summed E-state index contributed by atoms with van der Waals surface area (Å²) < 4.78 is 0. The molecule has 47 heavy (non-hydrogen) atoms. The second-order valence-corrected chi connectivity index (χ2v) is 15.3. The van der Waals surface area contributed by atoms with Crippen LogP contribution in [0.15, 0.2) is 72.8 Å². The average molecular weight is 635 g/mol. The van der Waals surface area contributed by atoms with Gasteiger partial charge in [0.25, 0.3) is 0 Å². The molecule has 3 nitrogen and oxygen atoms in total. The Labute approximate surface area is 286 Å². The molecule has 3 heteroatoms. The van der Waals surface area contributed by atoms with Gasteiger partial charge in [-0.2, -0.15) is 0 Å². The van der Waals surface area contributed by atoms with Crippen molar-refractivity contribution < 1.29 is 4.79 Å². The topological polar surface area (TPSA) is 55.1 Å². The van der Waals surface area contributed by atoms with E-state index in [1.54, 1.807) is 5.56 Å². The number of hydrogen-bond acceptors (Lipinski definition) is 2. The molecule has 0 saturated heterocycles. The molecule has 2 unspecified atom stereocenters. The first-order valence-corrected chi connectivity index (χ1v) is 18.4. The Kier molecular flexibility index (Phi) is 12.7. The van der Waals surface area contributed by atoms with E-state index in [9.17, 15) is 4.79 Å². The van der Waals surface area contributed by atoms with E-state index in [0.717, 1.165) is 38.0 Å². The number of hydrogen-bond donors (Lipinski definition) is 2. The maximum absolute atomic E-state index is 12.0. The quantitative estimate of drug-likeness (QED) is 0.137. The predicted molar refractivity (Wildman–Crippen MR) is 202 cm³/mol. The minimum Gasteiger partial charge on any atom is -0.355 e. The van der Waals surface area contributed by atoms with Crippen LogP contribution in [0.2, 0.25) is 0 Å². The van der Waals surface area contributed by atoms with Gasteiger partial charge in [0.1, 0.15) is 0 Å². The van der Waals surface area contributed by atoms with Gasteiger partial charge in [0, 0.05) is 30.3 Å². The van der Waals surface area contributed by atoms with E-state index in [2.05, 4.69) is 121 Å². The lowest BCUT2D eigenvalue weighted by atomic mass is 9.68. The number of nitrogens with one attached hydrogen (secondary N) is 1. The van der Waals surface area contributed by atoms with Crippen molar-refractivity contribution in [1.29, 1.82) is 0 Å². The number of benzene rings is 3. The van der Waals surface area contributed by atoms with Gasteiger partial charge in [-0.25, -0.2) is 0 Å². The van der Waals surface area contributed by atoms with Crippen LogP contribution >= 0.6 is 0 Å². The van der Waals surface area contributed by atoms with Crippen molar-refractivity contribution in [1.82, 2.24) is 5.32 Å². The molecule has 0 radical (unpaired) electrons. The van der Waals surface area contributed by atoms with E-state index in [4.69, 9.17) is 5.73 Å². The molecule has 1 aliphatic carbocycles. The molecule has 0 aliphatic heterocycles. The molecule has 1 aliphatic rings. The Balaban J connectivity index is 1.69. The van der Waals surface area contributed by atoms with Crippen molar-refractivity contribution in [3.8, 4) is 11.1 Å². The van der Waals surface area contributed by atoms with E-state index in [-0.39, 0.29) is 16.7 Å². The zero-order chi connectivity index (χ0) is 34.2. The Bertz CT molecular complexity index is 1500. The van der Waals surface area contributed by atoms with Crippen molar-refractivity contribution in [2.75, 3.05) is 13.1 Å². The Morgan fingerprint density at radius 1 is 0.872 bits per heavy atom. The van der Waals surface area contributed by atoms with Gasteiger partial charge in [0.15, 0.2) is 0 Å². The molecule has 0 saturated carbocycles. The lowest BCUT2D eigenvalue weighted by Gasteiger charge is -2.35. The van der Waals surface area contributed by atoms with Crippen LogP contribution in [-0.4, -0.2) is 19.0 Å². The summed E-state index contributed by atoms with van der Waals surface area (Å²) in [4.78, 5) is 12.0. The van der Waals surface area contributed by atoms with Crippen LogP contribution < -0.4 is 11.1 Å². The summed E-state index contributed by atoms with van der Waals surface area (Å²) in [5.41, 5.74) is 18.0. The second-order valence-electron chi connectivity index (χ2n) is 15.3. The van der Waals surface area contributed by atoms with Crippen LogP contribution in [0.5, 0.6) is 0 Å². The Morgan fingerprint density at radius 3 is 2.15 bits per heavy atom. The van der Waals surface area contributed by atoms with Crippen molar-refractivity contribution >= 4 is 5.91 Å². The molecular weight excluding hydrogens is 572 g/mol. The highest BCUT2D eigenvalue weighted by atomic mass is 16.1. The van der Waals surface area contributed by atoms with Gasteiger partial charge in [-0.15, -0.1) is 6.58 Å². The summed E-state index contributed by atoms with van der Waals surface area (Å²) in [6.45, 7) is 21.6. The molecule has 0 heterocycles. The number of rotatable bonds is 18. The van der Waals surface area contributed by atoms with Gasteiger partial charge in [-0.1, -0.05) is 127 Å². The van der Waals surface area contributed by atoms with Gasteiger partial charge in [-0.05, 0) is 102 Å². The molecule has 1 amide bonds. The van der Waals surface area contributed by atoms with Gasteiger partial charge < -0.3 is 11.1 Å². The summed E-state index contributed by atoms with van der Waals surface area (Å²) in [6.07, 6.45) is 10.6. The van der Waals surface area contributed by atoms with E-state index < -0.39 is 0 Å². The highest BCUT2D eigenvalue weighted by molar-refractivity contribution is 5.82.